The highest BCUT2D eigenvalue weighted by Crippen LogP contribution is 2.11. The third-order valence-electron chi connectivity index (χ3n) is 1.96. The van der Waals surface area contributed by atoms with E-state index in [1.807, 2.05) is 0 Å². The Morgan fingerprint density at radius 2 is 2.45 bits per heavy atom. The van der Waals surface area contributed by atoms with E-state index < -0.39 is 0 Å². The van der Waals surface area contributed by atoms with Crippen LogP contribution in [0, 0.1) is 23.2 Å². The van der Waals surface area contributed by atoms with Crippen molar-refractivity contribution in [2.45, 2.75) is 13.3 Å². The van der Waals surface area contributed by atoms with Crippen molar-refractivity contribution >= 4 is 5.78 Å². The summed E-state index contributed by atoms with van der Waals surface area (Å²) in [7, 11) is 0. The fourth-order valence-electron chi connectivity index (χ4n) is 1.03. The van der Waals surface area contributed by atoms with Gasteiger partial charge in [-0.05, 0) is 6.92 Å². The van der Waals surface area contributed by atoms with E-state index in [9.17, 15) is 4.79 Å². The number of carbonyl (C=O) groups excluding carboxylic acids is 1. The highest BCUT2D eigenvalue weighted by molar-refractivity contribution is 5.82. The minimum Gasteiger partial charge on any atom is -0.315 e. The van der Waals surface area contributed by atoms with Gasteiger partial charge in [0.05, 0.1) is 12.0 Å². The monoisotopic (exact) mass is 152 g/mol. The molecule has 0 aromatic carbocycles. The predicted molar refractivity (Wildman–Crippen MR) is 40.8 cm³/mol. The van der Waals surface area contributed by atoms with E-state index in [0.717, 1.165) is 13.1 Å². The molecule has 3 nitrogen and oxygen atoms in total. The first-order chi connectivity index (χ1) is 5.24. The van der Waals surface area contributed by atoms with Gasteiger partial charge in [-0.2, -0.15) is 5.26 Å². The highest BCUT2D eigenvalue weighted by atomic mass is 16.1. The van der Waals surface area contributed by atoms with Crippen molar-refractivity contribution in [3.05, 3.63) is 0 Å². The lowest BCUT2D eigenvalue weighted by Gasteiger charge is -2.25. The molecule has 1 aliphatic heterocycles. The molecule has 0 saturated carbocycles. The molecule has 1 fully saturated rings. The van der Waals surface area contributed by atoms with E-state index in [1.54, 1.807) is 6.92 Å². The molecule has 1 aliphatic rings. The van der Waals surface area contributed by atoms with Crippen molar-refractivity contribution < 1.29 is 4.79 Å². The van der Waals surface area contributed by atoms with E-state index in [1.165, 1.54) is 0 Å². The second kappa shape index (κ2) is 3.49. The van der Waals surface area contributed by atoms with Gasteiger partial charge in [0.25, 0.3) is 0 Å². The topological polar surface area (TPSA) is 52.9 Å². The minimum absolute atomic E-state index is 0.122. The lowest BCUT2D eigenvalue weighted by Crippen LogP contribution is -2.46. The van der Waals surface area contributed by atoms with Crippen molar-refractivity contribution in [1.29, 1.82) is 5.26 Å². The van der Waals surface area contributed by atoms with Gasteiger partial charge < -0.3 is 5.32 Å². The molecule has 1 rings (SSSR count). The molecule has 1 atom stereocenters. The Labute approximate surface area is 66.4 Å². The zero-order valence-electron chi connectivity index (χ0n) is 6.63. The first-order valence-corrected chi connectivity index (χ1v) is 3.87. The molecule has 1 heterocycles. The molecule has 0 aromatic heterocycles. The molecule has 60 valence electrons. The first kappa shape index (κ1) is 8.22. The summed E-state index contributed by atoms with van der Waals surface area (Å²) < 4.78 is 0. The van der Waals surface area contributed by atoms with Crippen LogP contribution in [0.1, 0.15) is 13.3 Å². The molecule has 0 bridgehead atoms. The number of ketones is 1. The van der Waals surface area contributed by atoms with Crippen LogP contribution in [0.25, 0.3) is 0 Å². The average Bonchev–Trinajstić information content (AvgIpc) is 1.83. The molecule has 0 spiro atoms. The van der Waals surface area contributed by atoms with Crippen LogP contribution in [-0.4, -0.2) is 18.9 Å². The molecule has 0 aliphatic carbocycles. The van der Waals surface area contributed by atoms with Crippen molar-refractivity contribution in [2.75, 3.05) is 13.1 Å². The Bertz CT molecular complexity index is 191. The maximum atomic E-state index is 11.2. The zero-order chi connectivity index (χ0) is 8.27. The van der Waals surface area contributed by atoms with Crippen LogP contribution in [0.3, 0.4) is 0 Å². The molecule has 3 heteroatoms. The summed E-state index contributed by atoms with van der Waals surface area (Å²) in [6.45, 7) is 3.39. The lowest BCUT2D eigenvalue weighted by molar-refractivity contribution is -0.124. The van der Waals surface area contributed by atoms with E-state index in [4.69, 9.17) is 5.26 Å². The Balaban J connectivity index is 2.26. The van der Waals surface area contributed by atoms with Crippen LogP contribution < -0.4 is 5.32 Å². The summed E-state index contributed by atoms with van der Waals surface area (Å²) in [4.78, 5) is 11.2. The second-order valence-electron chi connectivity index (χ2n) is 3.06. The first-order valence-electron chi connectivity index (χ1n) is 3.87. The molecular weight excluding hydrogens is 140 g/mol. The van der Waals surface area contributed by atoms with Crippen LogP contribution in [0.15, 0.2) is 0 Å². The molecular formula is C8H12N2O. The van der Waals surface area contributed by atoms with Gasteiger partial charge in [-0.15, -0.1) is 0 Å². The fourth-order valence-corrected chi connectivity index (χ4v) is 1.03. The number of nitriles is 1. The summed E-state index contributed by atoms with van der Waals surface area (Å²) in [6.07, 6.45) is 0.419. The van der Waals surface area contributed by atoms with Crippen LogP contribution in [0.5, 0.6) is 0 Å². The van der Waals surface area contributed by atoms with Gasteiger partial charge in [-0.25, -0.2) is 0 Å². The Morgan fingerprint density at radius 1 is 1.82 bits per heavy atom. The summed E-state index contributed by atoms with van der Waals surface area (Å²) in [5.41, 5.74) is 0. The van der Waals surface area contributed by atoms with Crippen LogP contribution in [-0.2, 0) is 4.79 Å². The van der Waals surface area contributed by atoms with Gasteiger partial charge in [-0.1, -0.05) is 0 Å². The Kier molecular flexibility index (Phi) is 2.61. The zero-order valence-corrected chi connectivity index (χ0v) is 6.63. The number of nitrogens with zero attached hydrogens (tertiary/aromatic N) is 1. The summed E-state index contributed by atoms with van der Waals surface area (Å²) in [5.74, 6) is 0.298. The third-order valence-corrected chi connectivity index (χ3v) is 1.96. The van der Waals surface area contributed by atoms with E-state index in [0.29, 0.717) is 6.42 Å². The van der Waals surface area contributed by atoms with Crippen molar-refractivity contribution in [3.63, 3.8) is 0 Å². The van der Waals surface area contributed by atoms with Gasteiger partial charge in [0.1, 0.15) is 5.78 Å². The summed E-state index contributed by atoms with van der Waals surface area (Å²) >= 11 is 0. The van der Waals surface area contributed by atoms with E-state index >= 15 is 0 Å². The van der Waals surface area contributed by atoms with Crippen LogP contribution in [0.2, 0.25) is 0 Å². The largest absolute Gasteiger partial charge is 0.315 e. The molecule has 0 radical (unpaired) electrons. The van der Waals surface area contributed by atoms with Gasteiger partial charge in [-0.3, -0.25) is 4.79 Å². The molecule has 1 unspecified atom stereocenters. The van der Waals surface area contributed by atoms with Crippen molar-refractivity contribution in [2.24, 2.45) is 11.8 Å². The number of Topliss-reactive ketones (excluding diaryl/α,β-unsaturated/α-hetero) is 1. The van der Waals surface area contributed by atoms with Crippen LogP contribution >= 0.6 is 0 Å². The van der Waals surface area contributed by atoms with Gasteiger partial charge in [0.15, 0.2) is 0 Å². The molecule has 11 heavy (non-hydrogen) atoms. The van der Waals surface area contributed by atoms with E-state index in [2.05, 4.69) is 11.4 Å². The predicted octanol–water partition coefficient (Wildman–Crippen LogP) is 0.325. The van der Waals surface area contributed by atoms with Gasteiger partial charge >= 0.3 is 0 Å². The normalized spacial score (nSPS) is 20.0. The van der Waals surface area contributed by atoms with E-state index in [-0.39, 0.29) is 17.6 Å². The fraction of sp³-hybridized carbons (Fsp3) is 0.750. The molecule has 0 amide bonds. The Morgan fingerprint density at radius 3 is 2.82 bits per heavy atom. The minimum atomic E-state index is -0.122. The highest BCUT2D eigenvalue weighted by Gasteiger charge is 2.25. The van der Waals surface area contributed by atoms with Gasteiger partial charge in [0, 0.05) is 25.4 Å². The van der Waals surface area contributed by atoms with Gasteiger partial charge in [0.2, 0.25) is 0 Å². The number of hydrogen-bond donors (Lipinski definition) is 1. The third kappa shape index (κ3) is 2.02. The second-order valence-corrected chi connectivity index (χ2v) is 3.06. The lowest BCUT2D eigenvalue weighted by atomic mass is 9.92. The quantitative estimate of drug-likeness (QED) is 0.633. The number of carbonyl (C=O) groups is 1. The number of hydrogen-bond acceptors (Lipinski definition) is 3. The maximum Gasteiger partial charge on any atom is 0.139 e. The standard InChI is InChI=1S/C8H12N2O/c1-6(3-9)2-8(11)7-4-10-5-7/h6-7,10H,2,4-5H2,1H3. The SMILES string of the molecule is CC(C#N)CC(=O)C1CNC1. The summed E-state index contributed by atoms with van der Waals surface area (Å²) in [6, 6.07) is 2.06. The smallest absolute Gasteiger partial charge is 0.139 e. The number of rotatable bonds is 3. The number of nitrogens with one attached hydrogen (secondary N) is 1. The Hall–Kier alpha value is -0.880. The maximum absolute atomic E-state index is 11.2. The molecule has 1 saturated heterocycles. The van der Waals surface area contributed by atoms with Crippen molar-refractivity contribution in [3.8, 4) is 6.07 Å². The molecule has 0 aromatic rings. The van der Waals surface area contributed by atoms with Crippen LogP contribution in [0.4, 0.5) is 0 Å². The molecule has 1 N–H and O–H groups in total. The average molecular weight is 152 g/mol. The summed E-state index contributed by atoms with van der Waals surface area (Å²) in [5, 5.41) is 11.5. The van der Waals surface area contributed by atoms with Crippen molar-refractivity contribution in [1.82, 2.24) is 5.32 Å².